The normalized spacial score (nSPS) is 12.3. The summed E-state index contributed by atoms with van der Waals surface area (Å²) in [5, 5.41) is 9.31. The minimum atomic E-state index is -1.16. The lowest BCUT2D eigenvalue weighted by Gasteiger charge is -2.19. The van der Waals surface area contributed by atoms with Crippen molar-refractivity contribution in [1.29, 1.82) is 5.41 Å². The monoisotopic (exact) mass is 345 g/mol. The molecule has 8 nitrogen and oxygen atoms in total. The zero-order valence-electron chi connectivity index (χ0n) is 13.7. The van der Waals surface area contributed by atoms with E-state index in [1.54, 1.807) is 24.5 Å². The average molecular weight is 345 g/mol. The Balaban J connectivity index is 2.72. The number of hydrogen-bond donors (Lipinski definition) is 2. The smallest absolute Gasteiger partial charge is 0.328 e. The number of carbonyl (C=O) groups excluding carboxylic acids is 3. The number of amides is 1. The Kier molecular flexibility index (Phi) is 8.54. The van der Waals surface area contributed by atoms with Crippen LogP contribution in [0.2, 0.25) is 0 Å². The largest absolute Gasteiger partial charge is 0.459 e. The molecule has 1 aromatic heterocycles. The van der Waals surface area contributed by atoms with E-state index in [1.807, 2.05) is 0 Å². The highest BCUT2D eigenvalue weighted by molar-refractivity contribution is 6.26. The van der Waals surface area contributed by atoms with E-state index in [0.29, 0.717) is 6.21 Å². The minimum absolute atomic E-state index is 0.00488. The van der Waals surface area contributed by atoms with Crippen LogP contribution in [-0.4, -0.2) is 48.1 Å². The van der Waals surface area contributed by atoms with Crippen molar-refractivity contribution in [2.24, 2.45) is 0 Å². The molecule has 1 aromatic rings. The first-order chi connectivity index (χ1) is 12.0. The maximum Gasteiger partial charge on any atom is 0.328 e. The third-order valence-electron chi connectivity index (χ3n) is 3.20. The molecule has 1 heterocycles. The van der Waals surface area contributed by atoms with Crippen molar-refractivity contribution in [2.45, 2.75) is 31.6 Å². The van der Waals surface area contributed by atoms with Crippen LogP contribution in [0.5, 0.6) is 0 Å². The molecule has 25 heavy (non-hydrogen) atoms. The van der Waals surface area contributed by atoms with Crippen LogP contribution in [0.15, 0.2) is 24.5 Å². The van der Waals surface area contributed by atoms with Crippen LogP contribution in [0.3, 0.4) is 0 Å². The molecule has 0 saturated carbocycles. The Morgan fingerprint density at radius 1 is 1.40 bits per heavy atom. The zero-order chi connectivity index (χ0) is 18.7. The Hall–Kier alpha value is -3.05. The van der Waals surface area contributed by atoms with E-state index in [2.05, 4.69) is 16.2 Å². The van der Waals surface area contributed by atoms with Gasteiger partial charge in [-0.05, 0) is 24.1 Å². The summed E-state index contributed by atoms with van der Waals surface area (Å²) < 4.78 is 9.97. The fourth-order valence-electron chi connectivity index (χ4n) is 1.84. The fraction of sp³-hybridized carbons (Fsp3) is 0.353. The number of terminal acetylenes is 1. The predicted molar refractivity (Wildman–Crippen MR) is 88.6 cm³/mol. The highest BCUT2D eigenvalue weighted by Gasteiger charge is 2.26. The Bertz CT molecular complexity index is 654. The van der Waals surface area contributed by atoms with E-state index in [1.165, 1.54) is 7.11 Å². The zero-order valence-corrected chi connectivity index (χ0v) is 13.7. The van der Waals surface area contributed by atoms with Crippen molar-refractivity contribution in [1.82, 2.24) is 10.3 Å². The molecule has 0 fully saturated rings. The number of nitrogens with one attached hydrogen (secondary N) is 2. The molecule has 0 radical (unpaired) electrons. The number of carbonyl (C=O) groups is 3. The number of ketones is 1. The molecule has 0 aliphatic carbocycles. The van der Waals surface area contributed by atoms with Crippen LogP contribution in [0.1, 0.15) is 18.4 Å². The molecule has 0 spiro atoms. The number of nitrogens with zero attached hydrogens (tertiary/aromatic N) is 1. The van der Waals surface area contributed by atoms with Gasteiger partial charge in [0.05, 0.1) is 6.21 Å². The van der Waals surface area contributed by atoms with Crippen molar-refractivity contribution in [3.8, 4) is 12.3 Å². The number of pyridine rings is 1. The molecule has 132 valence electrons. The van der Waals surface area contributed by atoms with Gasteiger partial charge in [0.15, 0.2) is 11.9 Å². The third-order valence-corrected chi connectivity index (χ3v) is 3.20. The van der Waals surface area contributed by atoms with Gasteiger partial charge in [-0.3, -0.25) is 14.6 Å². The maximum atomic E-state index is 12.2. The fourth-order valence-corrected chi connectivity index (χ4v) is 1.84. The molecule has 0 aliphatic rings. The first-order valence-electron chi connectivity index (χ1n) is 7.40. The average Bonchev–Trinajstić information content (AvgIpc) is 2.64. The van der Waals surface area contributed by atoms with E-state index in [9.17, 15) is 14.4 Å². The maximum absolute atomic E-state index is 12.2. The van der Waals surface area contributed by atoms with Crippen LogP contribution in [0.4, 0.5) is 0 Å². The summed E-state index contributed by atoms with van der Waals surface area (Å²) >= 11 is 0. The number of aromatic nitrogens is 1. The summed E-state index contributed by atoms with van der Waals surface area (Å²) in [7, 11) is 1.26. The van der Waals surface area contributed by atoms with Crippen LogP contribution >= 0.6 is 0 Å². The molecular formula is C17H19N3O5. The standard InChI is InChI=1S/C17H19N3O5/c1-3-15(24-2)16(22)20-14(5-4-13(21)10-18)17(23)25-11-12-6-8-19-9-7-12/h1,6-10,14-15,18H,4-5,11H2,2H3,(H,20,22)/t14-,15-/m0/s1. The number of esters is 1. The Morgan fingerprint density at radius 3 is 2.64 bits per heavy atom. The van der Waals surface area contributed by atoms with E-state index in [-0.39, 0.29) is 19.4 Å². The number of hydrogen-bond acceptors (Lipinski definition) is 7. The quantitative estimate of drug-likeness (QED) is 0.357. The van der Waals surface area contributed by atoms with Crippen molar-refractivity contribution >= 4 is 23.9 Å². The highest BCUT2D eigenvalue weighted by atomic mass is 16.5. The SMILES string of the molecule is C#C[C@H](OC)C(=O)N[C@@H](CCC(=O)C=N)C(=O)OCc1ccncc1. The van der Waals surface area contributed by atoms with Gasteiger partial charge < -0.3 is 20.2 Å². The van der Waals surface area contributed by atoms with Crippen LogP contribution in [0.25, 0.3) is 0 Å². The van der Waals surface area contributed by atoms with Gasteiger partial charge in [-0.25, -0.2) is 4.79 Å². The number of ether oxygens (including phenoxy) is 2. The lowest BCUT2D eigenvalue weighted by atomic mass is 10.1. The van der Waals surface area contributed by atoms with Gasteiger partial charge in [0, 0.05) is 25.9 Å². The topological polar surface area (TPSA) is 118 Å². The van der Waals surface area contributed by atoms with E-state index < -0.39 is 29.8 Å². The molecule has 0 saturated heterocycles. The minimum Gasteiger partial charge on any atom is -0.459 e. The molecule has 1 rings (SSSR count). The lowest BCUT2D eigenvalue weighted by Crippen LogP contribution is -2.46. The molecule has 0 bridgehead atoms. The van der Waals surface area contributed by atoms with Gasteiger partial charge in [-0.2, -0.15) is 0 Å². The van der Waals surface area contributed by atoms with Gasteiger partial charge in [-0.15, -0.1) is 6.42 Å². The number of methoxy groups -OCH3 is 1. The molecule has 0 aromatic carbocycles. The van der Waals surface area contributed by atoms with Gasteiger partial charge >= 0.3 is 5.97 Å². The van der Waals surface area contributed by atoms with Gasteiger partial charge in [0.1, 0.15) is 12.6 Å². The summed E-state index contributed by atoms with van der Waals surface area (Å²) in [6.07, 6.45) is 7.67. The summed E-state index contributed by atoms with van der Waals surface area (Å²) in [6, 6.07) is 2.28. The van der Waals surface area contributed by atoms with Crippen LogP contribution in [-0.2, 0) is 30.5 Å². The molecule has 8 heteroatoms. The number of Topliss-reactive ketones (excluding diaryl/α,β-unsaturated/α-hetero) is 1. The lowest BCUT2D eigenvalue weighted by molar-refractivity contribution is -0.150. The first kappa shape index (κ1) is 20.0. The molecular weight excluding hydrogens is 326 g/mol. The Morgan fingerprint density at radius 2 is 2.08 bits per heavy atom. The summed E-state index contributed by atoms with van der Waals surface area (Å²) in [5.41, 5.74) is 0.724. The van der Waals surface area contributed by atoms with E-state index in [0.717, 1.165) is 5.56 Å². The molecule has 2 atom stereocenters. The summed E-state index contributed by atoms with van der Waals surface area (Å²) in [5.74, 6) is 0.267. The molecule has 0 aliphatic heterocycles. The van der Waals surface area contributed by atoms with Crippen LogP contribution in [0, 0.1) is 17.8 Å². The summed E-state index contributed by atoms with van der Waals surface area (Å²) in [6.45, 7) is -0.00488. The van der Waals surface area contributed by atoms with Crippen molar-refractivity contribution in [3.05, 3.63) is 30.1 Å². The number of rotatable bonds is 10. The second kappa shape index (κ2) is 10.7. The van der Waals surface area contributed by atoms with Crippen molar-refractivity contribution < 1.29 is 23.9 Å². The van der Waals surface area contributed by atoms with Crippen molar-refractivity contribution in [2.75, 3.05) is 7.11 Å². The van der Waals surface area contributed by atoms with Crippen molar-refractivity contribution in [3.63, 3.8) is 0 Å². The summed E-state index contributed by atoms with van der Waals surface area (Å²) in [4.78, 5) is 39.4. The molecule has 2 N–H and O–H groups in total. The second-order valence-electron chi connectivity index (χ2n) is 4.96. The van der Waals surface area contributed by atoms with Gasteiger partial charge in [0.2, 0.25) is 0 Å². The highest BCUT2D eigenvalue weighted by Crippen LogP contribution is 2.06. The van der Waals surface area contributed by atoms with E-state index >= 15 is 0 Å². The predicted octanol–water partition coefficient (Wildman–Crippen LogP) is 0.257. The molecule has 0 unspecified atom stereocenters. The van der Waals surface area contributed by atoms with Gasteiger partial charge in [-0.1, -0.05) is 5.92 Å². The van der Waals surface area contributed by atoms with Gasteiger partial charge in [0.25, 0.3) is 5.91 Å². The van der Waals surface area contributed by atoms with Crippen LogP contribution < -0.4 is 5.32 Å². The third kappa shape index (κ3) is 6.93. The molecule has 1 amide bonds. The Labute approximate surface area is 145 Å². The van der Waals surface area contributed by atoms with E-state index in [4.69, 9.17) is 21.3 Å². The first-order valence-corrected chi connectivity index (χ1v) is 7.40. The second-order valence-corrected chi connectivity index (χ2v) is 4.96.